The van der Waals surface area contributed by atoms with Crippen molar-refractivity contribution in [3.63, 3.8) is 0 Å². The van der Waals surface area contributed by atoms with Gasteiger partial charge in [0.1, 0.15) is 17.4 Å². The van der Waals surface area contributed by atoms with Gasteiger partial charge in [0.15, 0.2) is 6.29 Å². The van der Waals surface area contributed by atoms with Gasteiger partial charge in [-0.15, -0.1) is 0 Å². The first-order valence-electron chi connectivity index (χ1n) is 11.2. The van der Waals surface area contributed by atoms with Gasteiger partial charge in [0.25, 0.3) is 0 Å². The van der Waals surface area contributed by atoms with Gasteiger partial charge in [0, 0.05) is 23.6 Å². The predicted molar refractivity (Wildman–Crippen MR) is 121 cm³/mol. The Morgan fingerprint density at radius 3 is 1.86 bits per heavy atom. The molecule has 1 aliphatic rings. The fraction of sp³-hybridized carbons (Fsp3) is 0.259. The van der Waals surface area contributed by atoms with Crippen LogP contribution in [0.2, 0.25) is 0 Å². The highest BCUT2D eigenvalue weighted by Gasteiger charge is 2.36. The van der Waals surface area contributed by atoms with Crippen LogP contribution in [0.1, 0.15) is 29.9 Å². The van der Waals surface area contributed by atoms with E-state index in [9.17, 15) is 30.7 Å². The Morgan fingerprint density at radius 2 is 1.35 bits per heavy atom. The Bertz CT molecular complexity index is 1220. The Morgan fingerprint density at radius 1 is 0.811 bits per heavy atom. The van der Waals surface area contributed by atoms with Crippen molar-refractivity contribution >= 4 is 0 Å². The standard InChI is InChI=1S/C27H21F7O3/c1-2-3-16-14-35-25(36-15-16)18-6-10-20(11-7-18)27(33,34)37-21-12-22(28)24(23(29)13-21)17-4-8-19(9-5-17)26(30,31)32/h2-13,16,25H,14-15H2,1H3/b3-2+. The van der Waals surface area contributed by atoms with Gasteiger partial charge >= 0.3 is 12.3 Å². The number of hydrogen-bond acceptors (Lipinski definition) is 3. The second-order valence-corrected chi connectivity index (χ2v) is 8.36. The zero-order valence-corrected chi connectivity index (χ0v) is 19.4. The van der Waals surface area contributed by atoms with Gasteiger partial charge in [-0.3, -0.25) is 0 Å². The second-order valence-electron chi connectivity index (χ2n) is 8.36. The highest BCUT2D eigenvalue weighted by Crippen LogP contribution is 2.37. The molecular weight excluding hydrogens is 505 g/mol. The topological polar surface area (TPSA) is 27.7 Å². The summed E-state index contributed by atoms with van der Waals surface area (Å²) in [5.74, 6) is -3.24. The number of benzene rings is 3. The van der Waals surface area contributed by atoms with E-state index in [1.807, 2.05) is 19.1 Å². The molecule has 0 spiro atoms. The molecule has 1 saturated heterocycles. The molecular formula is C27H21F7O3. The number of halogens is 7. The molecule has 0 aliphatic carbocycles. The average Bonchev–Trinajstić information content (AvgIpc) is 2.84. The minimum Gasteiger partial charge on any atom is -0.429 e. The summed E-state index contributed by atoms with van der Waals surface area (Å²) in [5.41, 5.74) is -1.93. The predicted octanol–water partition coefficient (Wildman–Crippen LogP) is 8.02. The summed E-state index contributed by atoms with van der Waals surface area (Å²) >= 11 is 0. The number of hydrogen-bond donors (Lipinski definition) is 0. The lowest BCUT2D eigenvalue weighted by atomic mass is 10.0. The third-order valence-corrected chi connectivity index (χ3v) is 5.67. The minimum absolute atomic E-state index is 0.102. The van der Waals surface area contributed by atoms with Crippen LogP contribution < -0.4 is 4.74 Å². The van der Waals surface area contributed by atoms with Crippen LogP contribution in [0.4, 0.5) is 30.7 Å². The van der Waals surface area contributed by atoms with Gasteiger partial charge < -0.3 is 14.2 Å². The van der Waals surface area contributed by atoms with Crippen molar-refractivity contribution in [3.8, 4) is 16.9 Å². The lowest BCUT2D eigenvalue weighted by Crippen LogP contribution is -2.26. The van der Waals surface area contributed by atoms with E-state index in [2.05, 4.69) is 4.74 Å². The first kappa shape index (κ1) is 26.7. The van der Waals surface area contributed by atoms with Crippen LogP contribution in [0.5, 0.6) is 5.75 Å². The maximum Gasteiger partial charge on any atom is 0.426 e. The zero-order chi connectivity index (χ0) is 26.8. The molecule has 0 radical (unpaired) electrons. The lowest BCUT2D eigenvalue weighted by Gasteiger charge is -2.28. The SMILES string of the molecule is C/C=C/C1COC(c2ccc(C(F)(F)Oc3cc(F)c(-c4ccc(C(F)(F)F)cc4)c(F)c3)cc2)OC1. The molecule has 3 nitrogen and oxygen atoms in total. The summed E-state index contributed by atoms with van der Waals surface area (Å²) in [5, 5.41) is 0. The molecule has 1 heterocycles. The number of rotatable bonds is 6. The highest BCUT2D eigenvalue weighted by atomic mass is 19.4. The molecule has 0 atom stereocenters. The van der Waals surface area contributed by atoms with Crippen LogP contribution in [-0.4, -0.2) is 13.2 Å². The molecule has 0 unspecified atom stereocenters. The van der Waals surface area contributed by atoms with Gasteiger partial charge in [-0.2, -0.15) is 22.0 Å². The van der Waals surface area contributed by atoms with E-state index in [-0.39, 0.29) is 11.5 Å². The Balaban J connectivity index is 1.48. The van der Waals surface area contributed by atoms with E-state index in [0.717, 1.165) is 24.3 Å². The summed E-state index contributed by atoms with van der Waals surface area (Å²) in [6.07, 6.45) is -5.46. The lowest BCUT2D eigenvalue weighted by molar-refractivity contribution is -0.198. The van der Waals surface area contributed by atoms with Gasteiger partial charge in [-0.1, -0.05) is 36.4 Å². The monoisotopic (exact) mass is 526 g/mol. The summed E-state index contributed by atoms with van der Waals surface area (Å²) in [7, 11) is 0. The van der Waals surface area contributed by atoms with E-state index in [4.69, 9.17) is 9.47 Å². The second kappa shape index (κ2) is 10.5. The molecule has 0 aromatic heterocycles. The Labute approximate surface area is 208 Å². The van der Waals surface area contributed by atoms with Crippen molar-refractivity contribution < 1.29 is 44.9 Å². The summed E-state index contributed by atoms with van der Waals surface area (Å²) in [6.45, 7) is 2.70. The molecule has 1 aliphatic heterocycles. The van der Waals surface area contributed by atoms with Crippen molar-refractivity contribution in [2.45, 2.75) is 25.5 Å². The van der Waals surface area contributed by atoms with Crippen molar-refractivity contribution in [3.05, 3.63) is 101 Å². The Kier molecular flexibility index (Phi) is 7.61. The molecule has 3 aromatic rings. The van der Waals surface area contributed by atoms with Gasteiger partial charge in [-0.25, -0.2) is 8.78 Å². The third kappa shape index (κ3) is 6.14. The quantitative estimate of drug-likeness (QED) is 0.241. The average molecular weight is 526 g/mol. The molecule has 1 fully saturated rings. The van der Waals surface area contributed by atoms with E-state index >= 15 is 0 Å². The van der Waals surface area contributed by atoms with Crippen molar-refractivity contribution in [2.75, 3.05) is 13.2 Å². The van der Waals surface area contributed by atoms with Gasteiger partial charge in [0.2, 0.25) is 0 Å². The van der Waals surface area contributed by atoms with Gasteiger partial charge in [-0.05, 0) is 36.8 Å². The molecule has 196 valence electrons. The first-order chi connectivity index (χ1) is 17.5. The molecule has 0 N–H and O–H groups in total. The summed E-state index contributed by atoms with van der Waals surface area (Å²) in [6, 6.07) is 9.13. The molecule has 0 amide bonds. The fourth-order valence-electron chi connectivity index (χ4n) is 3.85. The zero-order valence-electron chi connectivity index (χ0n) is 19.4. The molecule has 4 rings (SSSR count). The van der Waals surface area contributed by atoms with Crippen LogP contribution in [0.25, 0.3) is 11.1 Å². The smallest absolute Gasteiger partial charge is 0.426 e. The largest absolute Gasteiger partial charge is 0.429 e. The summed E-state index contributed by atoms with van der Waals surface area (Å²) < 4.78 is 113. The number of allylic oxidation sites excluding steroid dienone is 1. The summed E-state index contributed by atoms with van der Waals surface area (Å²) in [4.78, 5) is 0. The van der Waals surface area contributed by atoms with E-state index < -0.39 is 52.6 Å². The third-order valence-electron chi connectivity index (χ3n) is 5.67. The fourth-order valence-corrected chi connectivity index (χ4v) is 3.85. The number of alkyl halides is 5. The van der Waals surface area contributed by atoms with E-state index in [1.54, 1.807) is 0 Å². The van der Waals surface area contributed by atoms with E-state index in [0.29, 0.717) is 43.0 Å². The molecule has 3 aromatic carbocycles. The maximum atomic E-state index is 14.8. The van der Waals surface area contributed by atoms with Crippen LogP contribution in [0, 0.1) is 17.6 Å². The first-order valence-corrected chi connectivity index (χ1v) is 11.2. The van der Waals surface area contributed by atoms with Crippen molar-refractivity contribution in [2.24, 2.45) is 5.92 Å². The Hall–Kier alpha value is -3.37. The molecule has 37 heavy (non-hydrogen) atoms. The highest BCUT2D eigenvalue weighted by molar-refractivity contribution is 5.66. The van der Waals surface area contributed by atoms with Crippen LogP contribution in [0.3, 0.4) is 0 Å². The number of ether oxygens (including phenoxy) is 3. The molecule has 0 bridgehead atoms. The normalized spacial score (nSPS) is 18.8. The molecule has 0 saturated carbocycles. The van der Waals surface area contributed by atoms with Crippen LogP contribution in [-0.2, 0) is 21.8 Å². The minimum atomic E-state index is -4.62. The van der Waals surface area contributed by atoms with Gasteiger partial charge in [0.05, 0.1) is 29.9 Å². The van der Waals surface area contributed by atoms with E-state index in [1.165, 1.54) is 12.1 Å². The van der Waals surface area contributed by atoms with Crippen LogP contribution in [0.15, 0.2) is 72.8 Å². The van der Waals surface area contributed by atoms with Crippen molar-refractivity contribution in [1.29, 1.82) is 0 Å². The molecule has 10 heteroatoms. The maximum absolute atomic E-state index is 14.8. The van der Waals surface area contributed by atoms with Crippen molar-refractivity contribution in [1.82, 2.24) is 0 Å². The van der Waals surface area contributed by atoms with Crippen LogP contribution >= 0.6 is 0 Å².